The van der Waals surface area contributed by atoms with Crippen molar-refractivity contribution in [2.24, 2.45) is 0 Å². The van der Waals surface area contributed by atoms with Gasteiger partial charge in [-0.05, 0) is 42.3 Å². The SMILES string of the molecule is Cc1ccc(N2CCOC2=O)cc1NCc1ccc(-n2ccnc2)cc1. The number of hydrogen-bond acceptors (Lipinski definition) is 4. The van der Waals surface area contributed by atoms with Crippen molar-refractivity contribution in [3.8, 4) is 5.69 Å². The lowest BCUT2D eigenvalue weighted by Crippen LogP contribution is -2.23. The highest BCUT2D eigenvalue weighted by Crippen LogP contribution is 2.26. The molecule has 6 nitrogen and oxygen atoms in total. The number of rotatable bonds is 5. The summed E-state index contributed by atoms with van der Waals surface area (Å²) in [6.45, 7) is 3.80. The number of hydrogen-bond donors (Lipinski definition) is 1. The standard InChI is InChI=1S/C20H20N4O2/c1-15-2-5-18(24-10-11-26-20(24)25)12-19(15)22-13-16-3-6-17(7-4-16)23-9-8-21-14-23/h2-9,12,14,22H,10-11,13H2,1H3. The lowest BCUT2D eigenvalue weighted by molar-refractivity contribution is 0.181. The van der Waals surface area contributed by atoms with Crippen molar-refractivity contribution < 1.29 is 9.53 Å². The molecule has 6 heteroatoms. The number of carbonyl (C=O) groups excluding carboxylic acids is 1. The van der Waals surface area contributed by atoms with Gasteiger partial charge in [0.25, 0.3) is 0 Å². The highest BCUT2D eigenvalue weighted by atomic mass is 16.6. The fourth-order valence-electron chi connectivity index (χ4n) is 2.99. The van der Waals surface area contributed by atoms with Crippen molar-refractivity contribution in [2.75, 3.05) is 23.4 Å². The van der Waals surface area contributed by atoms with Crippen LogP contribution in [0.2, 0.25) is 0 Å². The predicted molar refractivity (Wildman–Crippen MR) is 101 cm³/mol. The lowest BCUT2D eigenvalue weighted by Gasteiger charge is -2.16. The number of carbonyl (C=O) groups is 1. The summed E-state index contributed by atoms with van der Waals surface area (Å²) < 4.78 is 6.99. The molecule has 1 aromatic heterocycles. The van der Waals surface area contributed by atoms with Gasteiger partial charge in [0.15, 0.2) is 0 Å². The molecule has 2 heterocycles. The Morgan fingerprint density at radius 1 is 1.15 bits per heavy atom. The molecule has 1 amide bonds. The van der Waals surface area contributed by atoms with Gasteiger partial charge in [0.1, 0.15) is 6.61 Å². The molecule has 1 aliphatic rings. The van der Waals surface area contributed by atoms with Crippen LogP contribution in [-0.4, -0.2) is 28.8 Å². The number of aromatic nitrogens is 2. The Hall–Kier alpha value is -3.28. The second-order valence-electron chi connectivity index (χ2n) is 6.26. The normalized spacial score (nSPS) is 13.7. The summed E-state index contributed by atoms with van der Waals surface area (Å²) >= 11 is 0. The maximum atomic E-state index is 11.8. The number of benzene rings is 2. The molecule has 1 aliphatic heterocycles. The zero-order valence-electron chi connectivity index (χ0n) is 14.6. The number of anilines is 2. The minimum absolute atomic E-state index is 0.283. The molecule has 0 radical (unpaired) electrons. The number of cyclic esters (lactones) is 1. The van der Waals surface area contributed by atoms with Crippen LogP contribution in [0.5, 0.6) is 0 Å². The molecule has 0 bridgehead atoms. The topological polar surface area (TPSA) is 59.4 Å². The number of nitrogens with one attached hydrogen (secondary N) is 1. The van der Waals surface area contributed by atoms with Gasteiger partial charge < -0.3 is 14.6 Å². The first-order valence-corrected chi connectivity index (χ1v) is 8.57. The van der Waals surface area contributed by atoms with E-state index in [0.29, 0.717) is 19.7 Å². The van der Waals surface area contributed by atoms with E-state index in [1.54, 1.807) is 17.4 Å². The molecule has 0 saturated carbocycles. The summed E-state index contributed by atoms with van der Waals surface area (Å²) in [4.78, 5) is 17.5. The minimum atomic E-state index is -0.283. The van der Waals surface area contributed by atoms with E-state index >= 15 is 0 Å². The zero-order chi connectivity index (χ0) is 17.9. The van der Waals surface area contributed by atoms with Crippen LogP contribution in [0.15, 0.2) is 61.2 Å². The van der Waals surface area contributed by atoms with Gasteiger partial charge in [0, 0.05) is 36.0 Å². The quantitative estimate of drug-likeness (QED) is 0.763. The fourth-order valence-corrected chi connectivity index (χ4v) is 2.99. The van der Waals surface area contributed by atoms with Crippen molar-refractivity contribution in [3.05, 3.63) is 72.3 Å². The second kappa shape index (κ2) is 6.92. The van der Waals surface area contributed by atoms with Gasteiger partial charge in [-0.2, -0.15) is 0 Å². The summed E-state index contributed by atoms with van der Waals surface area (Å²) in [5, 5.41) is 3.46. The van der Waals surface area contributed by atoms with Gasteiger partial charge in [-0.1, -0.05) is 18.2 Å². The first-order chi connectivity index (χ1) is 12.7. The maximum Gasteiger partial charge on any atom is 0.414 e. The molecule has 4 rings (SSSR count). The van der Waals surface area contributed by atoms with E-state index in [1.165, 1.54) is 5.56 Å². The van der Waals surface area contributed by atoms with Crippen LogP contribution in [0.25, 0.3) is 5.69 Å². The molecular weight excluding hydrogens is 328 g/mol. The highest BCUT2D eigenvalue weighted by Gasteiger charge is 2.23. The third-order valence-electron chi connectivity index (χ3n) is 4.52. The summed E-state index contributed by atoms with van der Waals surface area (Å²) in [5.41, 5.74) is 5.27. The number of aryl methyl sites for hydroxylation is 1. The molecule has 2 aromatic carbocycles. The Balaban J connectivity index is 1.46. The van der Waals surface area contributed by atoms with E-state index in [9.17, 15) is 4.79 Å². The molecule has 1 N–H and O–H groups in total. The van der Waals surface area contributed by atoms with Gasteiger partial charge in [-0.25, -0.2) is 9.78 Å². The van der Waals surface area contributed by atoms with E-state index in [0.717, 1.165) is 22.6 Å². The van der Waals surface area contributed by atoms with E-state index in [-0.39, 0.29) is 6.09 Å². The van der Waals surface area contributed by atoms with Crippen LogP contribution in [0.1, 0.15) is 11.1 Å². The van der Waals surface area contributed by atoms with Gasteiger partial charge in [0.05, 0.1) is 12.9 Å². The van der Waals surface area contributed by atoms with Crippen molar-refractivity contribution in [1.82, 2.24) is 9.55 Å². The molecular formula is C20H20N4O2. The fraction of sp³-hybridized carbons (Fsp3) is 0.200. The highest BCUT2D eigenvalue weighted by molar-refractivity contribution is 5.90. The summed E-state index contributed by atoms with van der Waals surface area (Å²) in [7, 11) is 0. The number of imidazole rings is 1. The Kier molecular flexibility index (Phi) is 4.31. The van der Waals surface area contributed by atoms with E-state index in [4.69, 9.17) is 4.74 Å². The summed E-state index contributed by atoms with van der Waals surface area (Å²) in [5.74, 6) is 0. The Labute approximate surface area is 152 Å². The van der Waals surface area contributed by atoms with Gasteiger partial charge >= 0.3 is 6.09 Å². The maximum absolute atomic E-state index is 11.8. The summed E-state index contributed by atoms with van der Waals surface area (Å²) in [6, 6.07) is 14.3. The average molecular weight is 348 g/mol. The van der Waals surface area contributed by atoms with Crippen molar-refractivity contribution in [3.63, 3.8) is 0 Å². The third kappa shape index (κ3) is 3.26. The molecule has 26 heavy (non-hydrogen) atoms. The van der Waals surface area contributed by atoms with Crippen molar-refractivity contribution in [1.29, 1.82) is 0 Å². The second-order valence-corrected chi connectivity index (χ2v) is 6.26. The molecule has 1 fully saturated rings. The summed E-state index contributed by atoms with van der Waals surface area (Å²) in [6.07, 6.45) is 5.19. The van der Waals surface area contributed by atoms with Gasteiger partial charge in [-0.3, -0.25) is 4.90 Å². The Morgan fingerprint density at radius 3 is 2.65 bits per heavy atom. The average Bonchev–Trinajstić information content (AvgIpc) is 3.33. The van der Waals surface area contributed by atoms with Crippen LogP contribution in [0.4, 0.5) is 16.2 Å². The largest absolute Gasteiger partial charge is 0.447 e. The van der Waals surface area contributed by atoms with E-state index < -0.39 is 0 Å². The monoisotopic (exact) mass is 348 g/mol. The molecule has 132 valence electrons. The number of nitrogens with zero attached hydrogens (tertiary/aromatic N) is 3. The zero-order valence-corrected chi connectivity index (χ0v) is 14.6. The van der Waals surface area contributed by atoms with E-state index in [2.05, 4.69) is 41.5 Å². The Bertz CT molecular complexity index is 904. The smallest absolute Gasteiger partial charge is 0.414 e. The molecule has 0 unspecified atom stereocenters. The molecule has 0 atom stereocenters. The first kappa shape index (κ1) is 16.2. The van der Waals surface area contributed by atoms with Crippen LogP contribution >= 0.6 is 0 Å². The predicted octanol–water partition coefficient (Wildman–Crippen LogP) is 3.75. The molecule has 0 aliphatic carbocycles. The number of ether oxygens (including phenoxy) is 1. The van der Waals surface area contributed by atoms with Gasteiger partial charge in [0.2, 0.25) is 0 Å². The van der Waals surface area contributed by atoms with Crippen LogP contribution in [0.3, 0.4) is 0 Å². The van der Waals surface area contributed by atoms with Crippen LogP contribution in [-0.2, 0) is 11.3 Å². The van der Waals surface area contributed by atoms with Crippen molar-refractivity contribution >= 4 is 17.5 Å². The first-order valence-electron chi connectivity index (χ1n) is 8.57. The third-order valence-corrected chi connectivity index (χ3v) is 4.52. The molecule has 3 aromatic rings. The van der Waals surface area contributed by atoms with Crippen LogP contribution in [0, 0.1) is 6.92 Å². The van der Waals surface area contributed by atoms with Crippen LogP contribution < -0.4 is 10.2 Å². The molecule has 1 saturated heterocycles. The van der Waals surface area contributed by atoms with Gasteiger partial charge in [-0.15, -0.1) is 0 Å². The lowest BCUT2D eigenvalue weighted by atomic mass is 10.1. The van der Waals surface area contributed by atoms with E-state index in [1.807, 2.05) is 29.0 Å². The van der Waals surface area contributed by atoms with Crippen molar-refractivity contribution in [2.45, 2.75) is 13.5 Å². The number of amides is 1. The minimum Gasteiger partial charge on any atom is -0.447 e. The molecule has 0 spiro atoms. The Morgan fingerprint density at radius 2 is 1.96 bits per heavy atom.